The van der Waals surface area contributed by atoms with E-state index in [0.29, 0.717) is 24.3 Å². The van der Waals surface area contributed by atoms with Crippen LogP contribution >= 0.6 is 0 Å². The minimum atomic E-state index is -6.85. The van der Waals surface area contributed by atoms with Crippen molar-refractivity contribution in [3.05, 3.63) is 130 Å². The largest absolute Gasteiger partial charge is 0.534 e. The van der Waals surface area contributed by atoms with E-state index in [1.165, 1.54) is 22.8 Å². The van der Waals surface area contributed by atoms with Crippen LogP contribution in [0.15, 0.2) is 102 Å². The van der Waals surface area contributed by atoms with Gasteiger partial charge in [-0.1, -0.05) is 114 Å². The number of aromatic nitrogens is 4. The van der Waals surface area contributed by atoms with Gasteiger partial charge < -0.3 is 18.6 Å². The maximum Gasteiger partial charge on any atom is 0.534 e. The second kappa shape index (κ2) is 21.5. The number of aromatic amines is 1. The topological polar surface area (TPSA) is 211 Å². The quantitative estimate of drug-likeness (QED) is 0.0688. The van der Waals surface area contributed by atoms with Gasteiger partial charge in [-0.3, -0.25) is 0 Å². The molecule has 6 rings (SSSR count). The summed E-state index contributed by atoms with van der Waals surface area (Å²) in [7, 11) is -19.6. The first-order valence-electron chi connectivity index (χ1n) is 20.1. The lowest BCUT2D eigenvalue weighted by atomic mass is 9.86. The summed E-state index contributed by atoms with van der Waals surface area (Å²) >= 11 is 0. The molecule has 0 aliphatic carbocycles. The van der Waals surface area contributed by atoms with Crippen molar-refractivity contribution in [3.8, 4) is 17.8 Å². The Labute approximate surface area is 395 Å². The molecule has 0 amide bonds. The van der Waals surface area contributed by atoms with E-state index in [0.717, 1.165) is 22.9 Å². The Hall–Kier alpha value is -6.06. The molecule has 6 aromatic rings. The maximum absolute atomic E-state index is 12.6. The van der Waals surface area contributed by atoms with Crippen LogP contribution in [0.2, 0.25) is 0 Å². The van der Waals surface area contributed by atoms with Gasteiger partial charge >= 0.3 is 58.6 Å². The van der Waals surface area contributed by atoms with Crippen LogP contribution < -0.4 is 19.3 Å². The molecule has 382 valence electrons. The highest BCUT2D eigenvalue weighted by Crippen LogP contribution is 2.33. The van der Waals surface area contributed by atoms with E-state index in [2.05, 4.69) is 89.9 Å². The number of ether oxygens (including phenoxy) is 2. The number of hydrogen-bond donors (Lipinski definition) is 1. The fourth-order valence-corrected chi connectivity index (χ4v) is 7.50. The summed E-state index contributed by atoms with van der Waals surface area (Å²) in [6.45, 7) is 13.6. The molecule has 0 atom stereocenters. The van der Waals surface area contributed by atoms with Gasteiger partial charge in [-0.2, -0.15) is 79.7 Å². The molecule has 0 spiro atoms. The lowest BCUT2D eigenvalue weighted by Gasteiger charge is -2.19. The Balaban J connectivity index is 0.000000243. The molecule has 0 saturated heterocycles. The minimum absolute atomic E-state index is 0.0298. The van der Waals surface area contributed by atoms with Crippen LogP contribution in [0.3, 0.4) is 0 Å². The van der Waals surface area contributed by atoms with E-state index in [9.17, 15) is 69.6 Å². The number of alkyl halides is 9. The van der Waals surface area contributed by atoms with Crippen LogP contribution in [0, 0.1) is 0 Å². The van der Waals surface area contributed by atoms with E-state index in [4.69, 9.17) is 9.47 Å². The smallest absolute Gasteiger partial charge is 0.477 e. The molecule has 70 heavy (non-hydrogen) atoms. The zero-order chi connectivity index (χ0) is 52.7. The molecule has 1 N–H and O–H groups in total. The van der Waals surface area contributed by atoms with Crippen molar-refractivity contribution < 1.29 is 82.1 Å². The molecule has 0 fully saturated rings. The summed E-state index contributed by atoms with van der Waals surface area (Å²) in [6, 6.07) is 29.5. The Morgan fingerprint density at radius 3 is 1.33 bits per heavy atom. The number of H-pyrrole nitrogens is 1. The second-order valence-corrected chi connectivity index (χ2v) is 21.5. The third-order valence-electron chi connectivity index (χ3n) is 9.26. The zero-order valence-corrected chi connectivity index (χ0v) is 40.0. The van der Waals surface area contributed by atoms with Crippen LogP contribution in [0.5, 0.6) is 17.8 Å². The Morgan fingerprint density at radius 1 is 0.500 bits per heavy atom. The lowest BCUT2D eigenvalue weighted by molar-refractivity contribution is -0.0586. The first kappa shape index (κ1) is 56.5. The molecule has 4 aromatic carbocycles. The standard InChI is InChI=1S/C21H21F3N2O4S.C20H22N2O2.C2F6O5S2/c1-20(2,3)15-10-8-14(9-11-15)12-13-29-18-16-6-4-5-7-17(16)25-19(26-18)30-31(27,28)21(22,23)24;1-20(2,3)15-10-8-14(9-11-15)12-13-24-18-16-6-4-5-7-17(16)21-19(23)22-18;3-1(4,5)14(9,10)13-15(11,12)2(6,7)8/h4-11H,12-13H2,1-3H3;4-11H,12-13H2,1-3H3,(H,21,22,23);. The molecule has 27 heteroatoms. The van der Waals surface area contributed by atoms with Crippen LogP contribution in [0.4, 0.5) is 39.5 Å². The molecule has 2 aromatic heterocycles. The van der Waals surface area contributed by atoms with Gasteiger partial charge in [-0.25, -0.2) is 4.79 Å². The number of hydrogen-bond acceptors (Lipinski definition) is 14. The Bertz CT molecular complexity index is 3110. The first-order valence-corrected chi connectivity index (χ1v) is 24.3. The Morgan fingerprint density at radius 2 is 0.900 bits per heavy atom. The molecule has 0 bridgehead atoms. The maximum atomic E-state index is 12.6. The fraction of sp³-hybridized carbons (Fsp3) is 0.349. The van der Waals surface area contributed by atoms with Gasteiger partial charge in [0.05, 0.1) is 35.0 Å². The molecule has 0 aliphatic heterocycles. The highest BCUT2D eigenvalue weighted by atomic mass is 32.3. The van der Waals surface area contributed by atoms with Gasteiger partial charge in [0.1, 0.15) is 0 Å². The number of nitrogens with one attached hydrogen (secondary N) is 1. The molecular formula is C43H43F9N4O11S3. The van der Waals surface area contributed by atoms with Gasteiger partial charge in [0.25, 0.3) is 0 Å². The normalized spacial score (nSPS) is 12.9. The van der Waals surface area contributed by atoms with Crippen LogP contribution in [0.1, 0.15) is 63.8 Å². The number of para-hydroxylation sites is 2. The molecule has 0 radical (unpaired) electrons. The summed E-state index contributed by atoms with van der Waals surface area (Å²) in [4.78, 5) is 25.8. The van der Waals surface area contributed by atoms with E-state index >= 15 is 0 Å². The van der Waals surface area contributed by atoms with E-state index < -0.39 is 58.6 Å². The van der Waals surface area contributed by atoms with Crippen molar-refractivity contribution >= 4 is 52.2 Å². The van der Waals surface area contributed by atoms with Crippen molar-refractivity contribution in [2.75, 3.05) is 13.2 Å². The highest BCUT2D eigenvalue weighted by molar-refractivity contribution is 8.00. The molecular weight excluding hydrogens is 1020 g/mol. The van der Waals surface area contributed by atoms with Crippen LogP contribution in [0.25, 0.3) is 21.8 Å². The second-order valence-electron chi connectivity index (χ2n) is 16.7. The van der Waals surface area contributed by atoms with E-state index in [1.54, 1.807) is 18.2 Å². The van der Waals surface area contributed by atoms with Gasteiger partial charge in [-0.15, -0.1) is 3.63 Å². The number of benzene rings is 4. The number of rotatable bonds is 12. The van der Waals surface area contributed by atoms with E-state index in [1.807, 2.05) is 52.2 Å². The van der Waals surface area contributed by atoms with Crippen molar-refractivity contribution in [1.29, 1.82) is 0 Å². The number of fused-ring (bicyclic) bond motifs is 2. The lowest BCUT2D eigenvalue weighted by Crippen LogP contribution is -2.34. The number of nitrogens with zero attached hydrogens (tertiary/aromatic N) is 3. The van der Waals surface area contributed by atoms with Gasteiger partial charge in [0.2, 0.25) is 11.8 Å². The van der Waals surface area contributed by atoms with Crippen molar-refractivity contribution in [2.45, 2.75) is 81.7 Å². The molecule has 0 unspecified atom stereocenters. The first-order chi connectivity index (χ1) is 32.0. The highest BCUT2D eigenvalue weighted by Gasteiger charge is 2.57. The SMILES string of the molecule is CC(C)(C)c1ccc(CCOc2nc(=O)[nH]c3ccccc23)cc1.CC(C)(C)c1ccc(CCOc2nc(OS(=O)(=O)C(F)(F)F)nc3ccccc23)cc1.O=S(=O)(OS(=O)(=O)C(F)(F)F)C(F)(F)F. The third kappa shape index (κ3) is 15.5. The summed E-state index contributed by atoms with van der Waals surface area (Å²) in [5.41, 5.74) is -12.7. The predicted octanol–water partition coefficient (Wildman–Crippen LogP) is 9.32. The van der Waals surface area contributed by atoms with Crippen LogP contribution in [-0.2, 0) is 57.7 Å². The average Bonchev–Trinajstić information content (AvgIpc) is 3.22. The van der Waals surface area contributed by atoms with Crippen molar-refractivity contribution in [3.63, 3.8) is 0 Å². The van der Waals surface area contributed by atoms with Crippen molar-refractivity contribution in [2.24, 2.45) is 0 Å². The Kier molecular flexibility index (Phi) is 17.4. The third-order valence-corrected chi connectivity index (χ3v) is 12.8. The average molecular weight is 1060 g/mol. The summed E-state index contributed by atoms with van der Waals surface area (Å²) < 4.78 is 186. The van der Waals surface area contributed by atoms with Gasteiger partial charge in [0.15, 0.2) is 0 Å². The van der Waals surface area contributed by atoms with Crippen molar-refractivity contribution in [1.82, 2.24) is 19.9 Å². The number of halogens is 9. The zero-order valence-electron chi connectivity index (χ0n) is 37.5. The molecule has 15 nitrogen and oxygen atoms in total. The molecule has 0 saturated carbocycles. The predicted molar refractivity (Wildman–Crippen MR) is 237 cm³/mol. The summed E-state index contributed by atoms with van der Waals surface area (Å²) in [6.07, 6.45) is 1.28. The molecule has 2 heterocycles. The summed E-state index contributed by atoms with van der Waals surface area (Å²) in [5.74, 6) is 0.324. The minimum Gasteiger partial charge on any atom is -0.477 e. The fourth-order valence-electron chi connectivity index (χ4n) is 5.57. The van der Waals surface area contributed by atoms with Crippen LogP contribution in [-0.4, -0.2) is 74.9 Å². The van der Waals surface area contributed by atoms with Gasteiger partial charge in [0, 0.05) is 12.8 Å². The van der Waals surface area contributed by atoms with E-state index in [-0.39, 0.29) is 28.8 Å². The summed E-state index contributed by atoms with van der Waals surface area (Å²) in [5, 5.41) is 1.24. The van der Waals surface area contributed by atoms with Gasteiger partial charge in [-0.05, 0) is 57.3 Å². The molecule has 0 aliphatic rings. The monoisotopic (exact) mass is 1060 g/mol.